The first-order valence-corrected chi connectivity index (χ1v) is 9.25. The maximum absolute atomic E-state index is 11.8. The summed E-state index contributed by atoms with van der Waals surface area (Å²) in [5, 5.41) is 0.387. The molecule has 1 aromatic carbocycles. The third-order valence-corrected chi connectivity index (χ3v) is 3.74. The molecule has 31 heavy (non-hydrogen) atoms. The molecular formula is C19H23N3O9. The van der Waals surface area contributed by atoms with Crippen LogP contribution in [0.25, 0.3) is 0 Å². The van der Waals surface area contributed by atoms with Gasteiger partial charge >= 0.3 is 18.1 Å². The number of rotatable bonds is 8. The standard InChI is InChI=1S/C19H23N3O9/c1-19(2,3)17(26)30-21-20-10-16(25)29-13-6-4-12(5-7-13)11-28-18(27)31-22-14(23)8-9-15(22)24/h4-7,20-21H,8-11H2,1-3H3. The Labute approximate surface area is 177 Å². The monoisotopic (exact) mass is 437 g/mol. The second-order valence-electron chi connectivity index (χ2n) is 7.42. The van der Waals surface area contributed by atoms with Crippen molar-refractivity contribution in [3.63, 3.8) is 0 Å². The molecule has 0 bridgehead atoms. The fourth-order valence-electron chi connectivity index (χ4n) is 2.07. The average molecular weight is 437 g/mol. The summed E-state index contributed by atoms with van der Waals surface area (Å²) in [5.41, 5.74) is 4.42. The highest BCUT2D eigenvalue weighted by Crippen LogP contribution is 2.16. The number of nitrogens with zero attached hydrogens (tertiary/aromatic N) is 1. The molecule has 12 nitrogen and oxygen atoms in total. The van der Waals surface area contributed by atoms with Crippen molar-refractivity contribution in [1.82, 2.24) is 16.1 Å². The molecule has 0 radical (unpaired) electrons. The van der Waals surface area contributed by atoms with E-state index in [9.17, 15) is 24.0 Å². The molecule has 1 aromatic rings. The molecule has 0 spiro atoms. The van der Waals surface area contributed by atoms with Gasteiger partial charge in [0.1, 0.15) is 18.9 Å². The maximum Gasteiger partial charge on any atom is 0.534 e. The van der Waals surface area contributed by atoms with E-state index in [-0.39, 0.29) is 31.7 Å². The van der Waals surface area contributed by atoms with E-state index >= 15 is 0 Å². The fourth-order valence-corrected chi connectivity index (χ4v) is 2.07. The molecule has 1 saturated heterocycles. The predicted octanol–water partition coefficient (Wildman–Crippen LogP) is 0.908. The van der Waals surface area contributed by atoms with Crippen molar-refractivity contribution in [3.8, 4) is 5.75 Å². The first-order chi connectivity index (χ1) is 14.6. The van der Waals surface area contributed by atoms with E-state index in [1.807, 2.05) is 0 Å². The van der Waals surface area contributed by atoms with Crippen LogP contribution >= 0.6 is 0 Å². The number of carbonyl (C=O) groups is 5. The number of carbonyl (C=O) groups excluding carboxylic acids is 5. The Morgan fingerprint density at radius 1 is 1.03 bits per heavy atom. The number of imide groups is 1. The van der Waals surface area contributed by atoms with E-state index in [0.29, 0.717) is 10.6 Å². The number of amides is 2. The van der Waals surface area contributed by atoms with E-state index in [1.54, 1.807) is 32.9 Å². The van der Waals surface area contributed by atoms with Crippen molar-refractivity contribution in [2.75, 3.05) is 6.54 Å². The van der Waals surface area contributed by atoms with Gasteiger partial charge in [0.15, 0.2) is 0 Å². The molecule has 0 unspecified atom stereocenters. The van der Waals surface area contributed by atoms with Crippen LogP contribution in [0.4, 0.5) is 4.79 Å². The molecule has 168 valence electrons. The molecule has 1 fully saturated rings. The zero-order valence-corrected chi connectivity index (χ0v) is 17.3. The van der Waals surface area contributed by atoms with Gasteiger partial charge in [-0.3, -0.25) is 19.2 Å². The Kier molecular flexibility index (Phi) is 8.05. The van der Waals surface area contributed by atoms with Crippen molar-refractivity contribution < 1.29 is 43.1 Å². The Morgan fingerprint density at radius 2 is 1.65 bits per heavy atom. The predicted molar refractivity (Wildman–Crippen MR) is 101 cm³/mol. The second-order valence-corrected chi connectivity index (χ2v) is 7.42. The number of hydrogen-bond acceptors (Lipinski definition) is 11. The summed E-state index contributed by atoms with van der Waals surface area (Å²) in [7, 11) is 0. The highest BCUT2D eigenvalue weighted by atomic mass is 16.8. The number of hydroxylamine groups is 2. The van der Waals surface area contributed by atoms with E-state index in [4.69, 9.17) is 14.3 Å². The van der Waals surface area contributed by atoms with Gasteiger partial charge < -0.3 is 14.3 Å². The van der Waals surface area contributed by atoms with E-state index < -0.39 is 35.3 Å². The van der Waals surface area contributed by atoms with Gasteiger partial charge in [-0.05, 0) is 38.5 Å². The average Bonchev–Trinajstić information content (AvgIpc) is 3.01. The number of nitrogens with one attached hydrogen (secondary N) is 2. The van der Waals surface area contributed by atoms with E-state index in [0.717, 1.165) is 0 Å². The molecule has 0 aromatic heterocycles. The number of benzene rings is 1. The summed E-state index contributed by atoms with van der Waals surface area (Å²) < 4.78 is 9.93. The van der Waals surface area contributed by atoms with Crippen LogP contribution < -0.4 is 15.8 Å². The van der Waals surface area contributed by atoms with Gasteiger partial charge in [-0.25, -0.2) is 15.0 Å². The van der Waals surface area contributed by atoms with Gasteiger partial charge in [-0.2, -0.15) is 0 Å². The van der Waals surface area contributed by atoms with Gasteiger partial charge in [0.05, 0.1) is 5.41 Å². The highest BCUT2D eigenvalue weighted by Gasteiger charge is 2.33. The summed E-state index contributed by atoms with van der Waals surface area (Å²) >= 11 is 0. The minimum atomic E-state index is -1.19. The first-order valence-electron chi connectivity index (χ1n) is 9.25. The molecule has 12 heteroatoms. The Hall–Kier alpha value is -3.51. The van der Waals surface area contributed by atoms with Gasteiger partial charge in [0.25, 0.3) is 11.8 Å². The van der Waals surface area contributed by atoms with Crippen LogP contribution in [0.2, 0.25) is 0 Å². The summed E-state index contributed by atoms with van der Waals surface area (Å²) in [6.07, 6.45) is -1.22. The molecule has 1 aliphatic rings. The van der Waals surface area contributed by atoms with E-state index in [1.165, 1.54) is 12.1 Å². The third-order valence-electron chi connectivity index (χ3n) is 3.74. The molecule has 1 aliphatic heterocycles. The maximum atomic E-state index is 11.8. The minimum absolute atomic E-state index is 0.0139. The lowest BCUT2D eigenvalue weighted by molar-refractivity contribution is -0.177. The van der Waals surface area contributed by atoms with Crippen LogP contribution in [-0.4, -0.2) is 41.5 Å². The van der Waals surface area contributed by atoms with E-state index in [2.05, 4.69) is 15.9 Å². The smallest absolute Gasteiger partial charge is 0.428 e. The lowest BCUT2D eigenvalue weighted by Gasteiger charge is -2.16. The zero-order chi connectivity index (χ0) is 23.0. The van der Waals surface area contributed by atoms with Crippen molar-refractivity contribution >= 4 is 29.9 Å². The number of hydrazine groups is 1. The van der Waals surface area contributed by atoms with Gasteiger partial charge in [0.2, 0.25) is 0 Å². The molecule has 0 aliphatic carbocycles. The van der Waals surface area contributed by atoms with Crippen molar-refractivity contribution in [1.29, 1.82) is 0 Å². The largest absolute Gasteiger partial charge is 0.534 e. The number of hydrogen-bond donors (Lipinski definition) is 2. The Balaban J connectivity index is 1.68. The molecule has 2 rings (SSSR count). The molecule has 0 saturated carbocycles. The lowest BCUT2D eigenvalue weighted by Crippen LogP contribution is -2.41. The number of esters is 1. The molecular weight excluding hydrogens is 414 g/mol. The van der Waals surface area contributed by atoms with Gasteiger partial charge in [0, 0.05) is 12.8 Å². The zero-order valence-electron chi connectivity index (χ0n) is 17.3. The fraction of sp³-hybridized carbons (Fsp3) is 0.421. The molecule has 0 atom stereocenters. The Morgan fingerprint density at radius 3 is 2.23 bits per heavy atom. The van der Waals surface area contributed by atoms with Gasteiger partial charge in [-0.15, -0.1) is 0 Å². The summed E-state index contributed by atoms with van der Waals surface area (Å²) in [6, 6.07) is 6.03. The van der Waals surface area contributed by atoms with Crippen molar-refractivity contribution in [2.24, 2.45) is 5.41 Å². The molecule has 1 heterocycles. The topological polar surface area (TPSA) is 150 Å². The Bertz CT molecular complexity index is 830. The van der Waals surface area contributed by atoms with Gasteiger partial charge in [-0.1, -0.05) is 22.8 Å². The molecule has 2 amide bonds. The van der Waals surface area contributed by atoms with Crippen molar-refractivity contribution in [2.45, 2.75) is 40.2 Å². The summed E-state index contributed by atoms with van der Waals surface area (Å²) in [4.78, 5) is 66.9. The van der Waals surface area contributed by atoms with Crippen LogP contribution in [0.1, 0.15) is 39.2 Å². The SMILES string of the molecule is CC(C)(C)C(=O)ONNCC(=O)Oc1ccc(COC(=O)ON2C(=O)CCC2=O)cc1. The minimum Gasteiger partial charge on any atom is -0.428 e. The first kappa shape index (κ1) is 23.8. The quantitative estimate of drug-likeness (QED) is 0.196. The number of ether oxygens (including phenoxy) is 2. The molecule has 2 N–H and O–H groups in total. The summed E-state index contributed by atoms with van der Waals surface area (Å²) in [6.45, 7) is 4.57. The van der Waals surface area contributed by atoms with Crippen LogP contribution in [0, 0.1) is 5.41 Å². The van der Waals surface area contributed by atoms with Crippen LogP contribution in [0.15, 0.2) is 24.3 Å². The highest BCUT2D eigenvalue weighted by molar-refractivity contribution is 6.01. The second kappa shape index (κ2) is 10.5. The van der Waals surface area contributed by atoms with Crippen LogP contribution in [-0.2, 0) is 40.2 Å². The summed E-state index contributed by atoms with van der Waals surface area (Å²) in [5.74, 6) is -2.13. The lowest BCUT2D eigenvalue weighted by atomic mass is 9.98. The van der Waals surface area contributed by atoms with Crippen LogP contribution in [0.3, 0.4) is 0 Å². The third kappa shape index (κ3) is 7.68. The van der Waals surface area contributed by atoms with Crippen molar-refractivity contribution in [3.05, 3.63) is 29.8 Å². The van der Waals surface area contributed by atoms with Crippen LogP contribution in [0.5, 0.6) is 5.75 Å². The normalized spacial score (nSPS) is 13.7.